The van der Waals surface area contributed by atoms with E-state index in [1.165, 1.54) is 11.0 Å². The first-order valence-corrected chi connectivity index (χ1v) is 6.52. The third kappa shape index (κ3) is 3.43. The Bertz CT molecular complexity index is 488. The zero-order valence-corrected chi connectivity index (χ0v) is 10.9. The number of anilines is 1. The van der Waals surface area contributed by atoms with E-state index in [0.717, 1.165) is 6.42 Å². The second-order valence-corrected chi connectivity index (χ2v) is 4.99. The van der Waals surface area contributed by atoms with E-state index < -0.39 is 18.2 Å². The van der Waals surface area contributed by atoms with Gasteiger partial charge < -0.3 is 10.0 Å². The van der Waals surface area contributed by atoms with Crippen molar-refractivity contribution in [2.75, 3.05) is 11.4 Å². The van der Waals surface area contributed by atoms with Crippen LogP contribution in [0.15, 0.2) is 24.3 Å². The minimum absolute atomic E-state index is 0.0899. The molecule has 0 saturated carbocycles. The van der Waals surface area contributed by atoms with Crippen LogP contribution in [-0.2, 0) is 11.2 Å². The third-order valence-electron chi connectivity index (χ3n) is 3.48. The summed E-state index contributed by atoms with van der Waals surface area (Å²) >= 11 is 0. The standard InChI is InChI=1S/C14H16F3NO2/c15-14(16,17)12-6-1-2-7-18(12)11-5-3-4-10(8-11)9-13(19)20/h3-5,8,12H,1-2,6-7,9H2,(H,19,20). The highest BCUT2D eigenvalue weighted by atomic mass is 19.4. The van der Waals surface area contributed by atoms with Gasteiger partial charge in [-0.25, -0.2) is 0 Å². The van der Waals surface area contributed by atoms with Gasteiger partial charge in [-0.3, -0.25) is 4.79 Å². The second kappa shape index (κ2) is 5.73. The molecule has 1 N–H and O–H groups in total. The van der Waals surface area contributed by atoms with Crippen molar-refractivity contribution in [2.24, 2.45) is 0 Å². The van der Waals surface area contributed by atoms with Gasteiger partial charge in [-0.1, -0.05) is 12.1 Å². The van der Waals surface area contributed by atoms with E-state index in [0.29, 0.717) is 24.2 Å². The lowest BCUT2D eigenvalue weighted by atomic mass is 10.00. The molecular weight excluding hydrogens is 271 g/mol. The molecule has 20 heavy (non-hydrogen) atoms. The van der Waals surface area contributed by atoms with Crippen LogP contribution in [0.25, 0.3) is 0 Å². The lowest BCUT2D eigenvalue weighted by Crippen LogP contribution is -2.48. The van der Waals surface area contributed by atoms with Gasteiger partial charge in [-0.05, 0) is 37.0 Å². The van der Waals surface area contributed by atoms with Crippen LogP contribution >= 0.6 is 0 Å². The predicted octanol–water partition coefficient (Wildman–Crippen LogP) is 3.23. The van der Waals surface area contributed by atoms with Gasteiger partial charge in [-0.2, -0.15) is 13.2 Å². The van der Waals surface area contributed by atoms with Crippen molar-refractivity contribution in [3.8, 4) is 0 Å². The molecule has 1 aliphatic rings. The zero-order valence-electron chi connectivity index (χ0n) is 10.9. The molecule has 1 aliphatic heterocycles. The van der Waals surface area contributed by atoms with Crippen molar-refractivity contribution in [1.82, 2.24) is 0 Å². The summed E-state index contributed by atoms with van der Waals surface area (Å²) < 4.78 is 39.2. The topological polar surface area (TPSA) is 40.5 Å². The van der Waals surface area contributed by atoms with Gasteiger partial charge in [0, 0.05) is 12.2 Å². The molecule has 110 valence electrons. The number of carboxylic acid groups (broad SMARTS) is 1. The predicted molar refractivity (Wildman–Crippen MR) is 68.8 cm³/mol. The molecule has 1 unspecified atom stereocenters. The Kier molecular flexibility index (Phi) is 4.20. The summed E-state index contributed by atoms with van der Waals surface area (Å²) in [6, 6.07) is 4.89. The highest BCUT2D eigenvalue weighted by Crippen LogP contribution is 2.35. The molecule has 0 spiro atoms. The number of hydrogen-bond acceptors (Lipinski definition) is 2. The molecule has 1 fully saturated rings. The Morgan fingerprint density at radius 1 is 1.35 bits per heavy atom. The fraction of sp³-hybridized carbons (Fsp3) is 0.500. The number of aliphatic carboxylic acids is 1. The summed E-state index contributed by atoms with van der Waals surface area (Å²) in [5.41, 5.74) is 0.965. The SMILES string of the molecule is O=C(O)Cc1cccc(N2CCCCC2C(F)(F)F)c1. The van der Waals surface area contributed by atoms with Crippen LogP contribution < -0.4 is 4.90 Å². The number of hydrogen-bond donors (Lipinski definition) is 1. The van der Waals surface area contributed by atoms with E-state index >= 15 is 0 Å². The van der Waals surface area contributed by atoms with Crippen molar-refractivity contribution < 1.29 is 23.1 Å². The second-order valence-electron chi connectivity index (χ2n) is 4.99. The summed E-state index contributed by atoms with van der Waals surface area (Å²) in [4.78, 5) is 12.0. The van der Waals surface area contributed by atoms with E-state index in [1.807, 2.05) is 0 Å². The molecule has 3 nitrogen and oxygen atoms in total. The minimum Gasteiger partial charge on any atom is -0.481 e. The Balaban J connectivity index is 2.26. The molecule has 1 aromatic carbocycles. The quantitative estimate of drug-likeness (QED) is 0.928. The molecule has 0 aliphatic carbocycles. The molecular formula is C14H16F3NO2. The Morgan fingerprint density at radius 2 is 2.10 bits per heavy atom. The van der Waals surface area contributed by atoms with E-state index in [-0.39, 0.29) is 12.8 Å². The lowest BCUT2D eigenvalue weighted by Gasteiger charge is -2.38. The third-order valence-corrected chi connectivity index (χ3v) is 3.48. The number of halogens is 3. The molecule has 0 bridgehead atoms. The zero-order chi connectivity index (χ0) is 14.8. The maximum absolute atomic E-state index is 13.1. The average molecular weight is 287 g/mol. The van der Waals surface area contributed by atoms with Crippen molar-refractivity contribution in [3.63, 3.8) is 0 Å². The summed E-state index contributed by atoms with van der Waals surface area (Å²) in [5, 5.41) is 8.76. The Labute approximate surface area is 115 Å². The fourth-order valence-electron chi connectivity index (χ4n) is 2.60. The van der Waals surface area contributed by atoms with Crippen LogP contribution in [0.5, 0.6) is 0 Å². The molecule has 0 radical (unpaired) electrons. The molecule has 1 aromatic rings. The van der Waals surface area contributed by atoms with Crippen LogP contribution in [0.3, 0.4) is 0 Å². The summed E-state index contributed by atoms with van der Waals surface area (Å²) in [7, 11) is 0. The van der Waals surface area contributed by atoms with E-state index in [1.54, 1.807) is 18.2 Å². The lowest BCUT2D eigenvalue weighted by molar-refractivity contribution is -0.152. The molecule has 1 saturated heterocycles. The highest BCUT2D eigenvalue weighted by Gasteiger charge is 2.44. The van der Waals surface area contributed by atoms with Gasteiger partial charge in [-0.15, -0.1) is 0 Å². The van der Waals surface area contributed by atoms with Gasteiger partial charge in [0.15, 0.2) is 0 Å². The van der Waals surface area contributed by atoms with Gasteiger partial charge in [0.25, 0.3) is 0 Å². The fourth-order valence-corrected chi connectivity index (χ4v) is 2.60. The monoisotopic (exact) mass is 287 g/mol. The summed E-state index contributed by atoms with van der Waals surface area (Å²) in [6.07, 6.45) is -3.07. The first kappa shape index (κ1) is 14.7. The normalized spacial score (nSPS) is 19.9. The largest absolute Gasteiger partial charge is 0.481 e. The van der Waals surface area contributed by atoms with Crippen molar-refractivity contribution in [2.45, 2.75) is 37.9 Å². The van der Waals surface area contributed by atoms with E-state index in [4.69, 9.17) is 5.11 Å². The first-order chi connectivity index (χ1) is 9.38. The number of benzene rings is 1. The van der Waals surface area contributed by atoms with E-state index in [9.17, 15) is 18.0 Å². The smallest absolute Gasteiger partial charge is 0.408 e. The van der Waals surface area contributed by atoms with E-state index in [2.05, 4.69) is 0 Å². The van der Waals surface area contributed by atoms with Crippen LogP contribution in [0.2, 0.25) is 0 Å². The van der Waals surface area contributed by atoms with Crippen molar-refractivity contribution in [3.05, 3.63) is 29.8 Å². The summed E-state index contributed by atoms with van der Waals surface area (Å²) in [5.74, 6) is -0.992. The molecule has 2 rings (SSSR count). The molecule has 1 heterocycles. The van der Waals surface area contributed by atoms with Gasteiger partial charge in [0.1, 0.15) is 6.04 Å². The highest BCUT2D eigenvalue weighted by molar-refractivity contribution is 5.71. The van der Waals surface area contributed by atoms with Crippen molar-refractivity contribution in [1.29, 1.82) is 0 Å². The molecule has 1 atom stereocenters. The molecule has 6 heteroatoms. The molecule has 0 amide bonds. The number of carbonyl (C=O) groups is 1. The number of alkyl halides is 3. The first-order valence-electron chi connectivity index (χ1n) is 6.52. The number of nitrogens with zero attached hydrogens (tertiary/aromatic N) is 1. The number of rotatable bonds is 3. The van der Waals surface area contributed by atoms with Crippen LogP contribution in [-0.4, -0.2) is 29.8 Å². The number of carboxylic acids is 1. The van der Waals surface area contributed by atoms with Crippen LogP contribution in [0, 0.1) is 0 Å². The molecule has 0 aromatic heterocycles. The average Bonchev–Trinajstić information content (AvgIpc) is 2.37. The number of piperidine rings is 1. The van der Waals surface area contributed by atoms with Gasteiger partial charge >= 0.3 is 12.1 Å². The maximum Gasteiger partial charge on any atom is 0.408 e. The Hall–Kier alpha value is -1.72. The van der Waals surface area contributed by atoms with Gasteiger partial charge in [0.05, 0.1) is 6.42 Å². The van der Waals surface area contributed by atoms with Crippen molar-refractivity contribution >= 4 is 11.7 Å². The van der Waals surface area contributed by atoms with Crippen LogP contribution in [0.1, 0.15) is 24.8 Å². The Morgan fingerprint density at radius 3 is 2.75 bits per heavy atom. The van der Waals surface area contributed by atoms with Gasteiger partial charge in [0.2, 0.25) is 0 Å². The minimum atomic E-state index is -4.26. The van der Waals surface area contributed by atoms with Crippen LogP contribution in [0.4, 0.5) is 18.9 Å². The maximum atomic E-state index is 13.1. The summed E-state index contributed by atoms with van der Waals surface area (Å²) in [6.45, 7) is 0.348.